The maximum Gasteiger partial charge on any atom is 0.463 e. The Bertz CT molecular complexity index is 217. The van der Waals surface area contributed by atoms with E-state index in [9.17, 15) is 26.7 Å². The zero-order valence-electron chi connectivity index (χ0n) is 6.96. The summed E-state index contributed by atoms with van der Waals surface area (Å²) in [6.07, 6.45) is -5.89. The van der Waals surface area contributed by atoms with Crippen molar-refractivity contribution in [3.05, 3.63) is 0 Å². The Kier molecular flexibility index (Phi) is 4.11. The molecular weight excluding hydrogens is 233 g/mol. The Morgan fingerprint density at radius 2 is 1.79 bits per heavy atom. The van der Waals surface area contributed by atoms with Crippen molar-refractivity contribution in [2.45, 2.75) is 25.1 Å². The normalized spacial score (nSPS) is 15.1. The number of rotatable bonds is 3. The molecule has 2 nitrogen and oxygen atoms in total. The van der Waals surface area contributed by atoms with E-state index in [1.165, 1.54) is 12.2 Å². The van der Waals surface area contributed by atoms with Gasteiger partial charge in [-0.25, -0.2) is 0 Å². The SMILES string of the molecule is CC(CCl)NC(=O)C(F)(F)C(F)(F)F. The van der Waals surface area contributed by atoms with E-state index in [1.54, 1.807) is 0 Å². The molecule has 0 aliphatic rings. The molecule has 0 saturated carbocycles. The van der Waals surface area contributed by atoms with Crippen molar-refractivity contribution in [2.75, 3.05) is 5.88 Å². The lowest BCUT2D eigenvalue weighted by molar-refractivity contribution is -0.269. The lowest BCUT2D eigenvalue weighted by Gasteiger charge is -2.20. The van der Waals surface area contributed by atoms with Gasteiger partial charge < -0.3 is 5.32 Å². The first kappa shape index (κ1) is 13.4. The molecular formula is C6H7ClF5NO. The minimum absolute atomic E-state index is 0.250. The summed E-state index contributed by atoms with van der Waals surface area (Å²) in [7, 11) is 0. The fourth-order valence-corrected chi connectivity index (χ4v) is 0.559. The molecule has 0 rings (SSSR count). The van der Waals surface area contributed by atoms with E-state index in [4.69, 9.17) is 11.6 Å². The molecule has 0 aromatic rings. The third-order valence-electron chi connectivity index (χ3n) is 1.25. The molecule has 1 atom stereocenters. The largest absolute Gasteiger partial charge is 0.463 e. The molecule has 84 valence electrons. The molecule has 0 bridgehead atoms. The van der Waals surface area contributed by atoms with Crippen molar-refractivity contribution in [1.29, 1.82) is 0 Å². The van der Waals surface area contributed by atoms with Gasteiger partial charge in [-0.3, -0.25) is 4.79 Å². The summed E-state index contributed by atoms with van der Waals surface area (Å²) < 4.78 is 59.3. The van der Waals surface area contributed by atoms with E-state index >= 15 is 0 Å². The summed E-state index contributed by atoms with van der Waals surface area (Å²) in [5, 5.41) is 1.44. The summed E-state index contributed by atoms with van der Waals surface area (Å²) >= 11 is 5.12. The maximum atomic E-state index is 12.2. The van der Waals surface area contributed by atoms with Gasteiger partial charge >= 0.3 is 18.0 Å². The molecule has 0 radical (unpaired) electrons. The summed E-state index contributed by atoms with van der Waals surface area (Å²) in [6, 6.07) is -0.947. The maximum absolute atomic E-state index is 12.2. The van der Waals surface area contributed by atoms with E-state index in [-0.39, 0.29) is 5.88 Å². The molecule has 0 aromatic heterocycles. The minimum Gasteiger partial charge on any atom is -0.347 e. The van der Waals surface area contributed by atoms with Crippen LogP contribution in [0.1, 0.15) is 6.92 Å². The number of amides is 1. The fourth-order valence-electron chi connectivity index (χ4n) is 0.482. The molecule has 1 unspecified atom stereocenters. The van der Waals surface area contributed by atoms with Crippen molar-refractivity contribution < 1.29 is 26.7 Å². The zero-order valence-corrected chi connectivity index (χ0v) is 7.72. The topological polar surface area (TPSA) is 29.1 Å². The quantitative estimate of drug-likeness (QED) is 0.592. The van der Waals surface area contributed by atoms with Gasteiger partial charge in [0, 0.05) is 11.9 Å². The van der Waals surface area contributed by atoms with Crippen LogP contribution in [0.5, 0.6) is 0 Å². The lowest BCUT2D eigenvalue weighted by Crippen LogP contribution is -2.52. The van der Waals surface area contributed by atoms with Crippen molar-refractivity contribution >= 4 is 17.5 Å². The van der Waals surface area contributed by atoms with Crippen molar-refractivity contribution in [1.82, 2.24) is 5.32 Å². The van der Waals surface area contributed by atoms with Crippen LogP contribution in [0.2, 0.25) is 0 Å². The molecule has 1 amide bonds. The Labute approximate surface area is 81.4 Å². The predicted octanol–water partition coefficient (Wildman–Crippen LogP) is 1.93. The molecule has 1 N–H and O–H groups in total. The number of carbonyl (C=O) groups is 1. The van der Waals surface area contributed by atoms with Gasteiger partial charge in [-0.15, -0.1) is 11.6 Å². The second kappa shape index (κ2) is 4.29. The minimum atomic E-state index is -5.89. The molecule has 0 spiro atoms. The number of alkyl halides is 6. The van der Waals surface area contributed by atoms with E-state index in [0.29, 0.717) is 0 Å². The summed E-state index contributed by atoms with van der Waals surface area (Å²) in [5.74, 6) is -8.02. The molecule has 0 saturated heterocycles. The van der Waals surface area contributed by atoms with Crippen LogP contribution in [0.25, 0.3) is 0 Å². The van der Waals surface area contributed by atoms with Gasteiger partial charge in [0.25, 0.3) is 0 Å². The second-order valence-corrected chi connectivity index (χ2v) is 2.91. The van der Waals surface area contributed by atoms with Crippen LogP contribution < -0.4 is 5.32 Å². The number of carbonyl (C=O) groups excluding carboxylic acids is 1. The smallest absolute Gasteiger partial charge is 0.347 e. The molecule has 14 heavy (non-hydrogen) atoms. The predicted molar refractivity (Wildman–Crippen MR) is 39.3 cm³/mol. The van der Waals surface area contributed by atoms with Crippen molar-refractivity contribution in [3.8, 4) is 0 Å². The number of hydrogen-bond donors (Lipinski definition) is 1. The molecule has 0 aliphatic heterocycles. The molecule has 8 heteroatoms. The van der Waals surface area contributed by atoms with E-state index in [2.05, 4.69) is 0 Å². The number of halogens is 6. The van der Waals surface area contributed by atoms with Crippen molar-refractivity contribution in [3.63, 3.8) is 0 Å². The Morgan fingerprint density at radius 1 is 1.36 bits per heavy atom. The fraction of sp³-hybridized carbons (Fsp3) is 0.833. The molecule has 0 fully saturated rings. The molecule has 0 heterocycles. The number of nitrogens with one attached hydrogen (secondary N) is 1. The van der Waals surface area contributed by atoms with Crippen LogP contribution in [-0.4, -0.2) is 29.9 Å². The zero-order chi connectivity index (χ0) is 11.6. The van der Waals surface area contributed by atoms with Gasteiger partial charge in [0.15, 0.2) is 0 Å². The standard InChI is InChI=1S/C6H7ClF5NO/c1-3(2-7)13-4(14)5(8,9)6(10,11)12/h3H,2H2,1H3,(H,13,14). The Balaban J connectivity index is 4.53. The van der Waals surface area contributed by atoms with Gasteiger partial charge in [0.1, 0.15) is 0 Å². The highest BCUT2D eigenvalue weighted by Crippen LogP contribution is 2.35. The summed E-state index contributed by atoms with van der Waals surface area (Å²) in [4.78, 5) is 10.4. The van der Waals surface area contributed by atoms with Gasteiger partial charge in [0.2, 0.25) is 0 Å². The van der Waals surface area contributed by atoms with Crippen LogP contribution in [0.4, 0.5) is 22.0 Å². The molecule has 0 aliphatic carbocycles. The van der Waals surface area contributed by atoms with Gasteiger partial charge in [0.05, 0.1) is 0 Å². The third kappa shape index (κ3) is 2.97. The average Bonchev–Trinajstić information content (AvgIpc) is 2.01. The van der Waals surface area contributed by atoms with Crippen LogP contribution in [0.3, 0.4) is 0 Å². The summed E-state index contributed by atoms with van der Waals surface area (Å²) in [5.41, 5.74) is 0. The van der Waals surface area contributed by atoms with Crippen molar-refractivity contribution in [2.24, 2.45) is 0 Å². The lowest BCUT2D eigenvalue weighted by atomic mass is 10.2. The molecule has 0 aromatic carbocycles. The van der Waals surface area contributed by atoms with Crippen LogP contribution >= 0.6 is 11.6 Å². The number of hydrogen-bond acceptors (Lipinski definition) is 1. The second-order valence-electron chi connectivity index (χ2n) is 2.60. The first-order chi connectivity index (χ1) is 6.13. The first-order valence-electron chi connectivity index (χ1n) is 3.44. The van der Waals surface area contributed by atoms with E-state index < -0.39 is 24.0 Å². The first-order valence-corrected chi connectivity index (χ1v) is 3.98. The van der Waals surface area contributed by atoms with E-state index in [0.717, 1.165) is 0 Å². The van der Waals surface area contributed by atoms with Gasteiger partial charge in [-0.2, -0.15) is 22.0 Å². The Hall–Kier alpha value is -0.590. The van der Waals surface area contributed by atoms with Gasteiger partial charge in [-0.05, 0) is 6.92 Å². The highest BCUT2D eigenvalue weighted by atomic mass is 35.5. The van der Waals surface area contributed by atoms with Crippen LogP contribution in [0, 0.1) is 0 Å². The summed E-state index contributed by atoms with van der Waals surface area (Å²) in [6.45, 7) is 1.21. The Morgan fingerprint density at radius 3 is 2.07 bits per heavy atom. The average molecular weight is 240 g/mol. The van der Waals surface area contributed by atoms with E-state index in [1.807, 2.05) is 0 Å². The van der Waals surface area contributed by atoms with Crippen LogP contribution in [0.15, 0.2) is 0 Å². The van der Waals surface area contributed by atoms with Gasteiger partial charge in [-0.1, -0.05) is 0 Å². The monoisotopic (exact) mass is 239 g/mol. The van der Waals surface area contributed by atoms with Crippen LogP contribution in [-0.2, 0) is 4.79 Å². The highest BCUT2D eigenvalue weighted by Gasteiger charge is 2.63. The third-order valence-corrected chi connectivity index (χ3v) is 1.71. The highest BCUT2D eigenvalue weighted by molar-refractivity contribution is 6.18.